The molecule has 0 aliphatic carbocycles. The molecule has 0 atom stereocenters. The second kappa shape index (κ2) is 6.97. The maximum Gasteiger partial charge on any atom is 0.167 e. The fraction of sp³-hybridized carbons (Fsp3) is 0.0556. The van der Waals surface area contributed by atoms with Crippen molar-refractivity contribution in [3.8, 4) is 23.3 Å². The first-order valence-electron chi connectivity index (χ1n) is 7.37. The fourth-order valence-corrected chi connectivity index (χ4v) is 3.05. The van der Waals surface area contributed by atoms with E-state index in [-0.39, 0.29) is 27.3 Å². The molecular weight excluding hydrogens is 373 g/mol. The Hall–Kier alpha value is -3.19. The van der Waals surface area contributed by atoms with Crippen LogP contribution in [0, 0.1) is 22.7 Å². The van der Waals surface area contributed by atoms with Gasteiger partial charge in [0.05, 0.1) is 17.2 Å². The zero-order valence-corrected chi connectivity index (χ0v) is 15.0. The monoisotopic (exact) mass is 383 g/mol. The first-order valence-corrected chi connectivity index (χ1v) is 8.12. The van der Waals surface area contributed by atoms with Gasteiger partial charge in [0.25, 0.3) is 0 Å². The highest BCUT2D eigenvalue weighted by Crippen LogP contribution is 2.32. The number of aliphatic hydroxyl groups excluding tert-OH is 1. The van der Waals surface area contributed by atoms with Crippen molar-refractivity contribution in [3.63, 3.8) is 0 Å². The first-order chi connectivity index (χ1) is 12.5. The number of nitrogens with zero attached hydrogens (tertiary/aromatic N) is 5. The minimum atomic E-state index is -0.372. The van der Waals surface area contributed by atoms with Crippen molar-refractivity contribution in [3.05, 3.63) is 64.2 Å². The zero-order valence-electron chi connectivity index (χ0n) is 13.5. The molecule has 0 aliphatic rings. The molecule has 2 heterocycles. The van der Waals surface area contributed by atoms with Crippen LogP contribution < -0.4 is 0 Å². The predicted molar refractivity (Wildman–Crippen MR) is 99.2 cm³/mol. The SMILES string of the molecule is Cn1nc(Cl)c(C(O)=C(C#N)n2ccc(-c3cccc(C#N)c3)c2)c1Cl. The summed E-state index contributed by atoms with van der Waals surface area (Å²) in [6.07, 6.45) is 3.30. The Morgan fingerprint density at radius 2 is 1.96 bits per heavy atom. The van der Waals surface area contributed by atoms with E-state index in [1.165, 1.54) is 9.25 Å². The molecule has 0 amide bonds. The number of halogens is 2. The molecule has 26 heavy (non-hydrogen) atoms. The summed E-state index contributed by atoms with van der Waals surface area (Å²) in [6, 6.07) is 12.9. The van der Waals surface area contributed by atoms with Crippen molar-refractivity contribution < 1.29 is 5.11 Å². The van der Waals surface area contributed by atoms with Gasteiger partial charge in [-0.15, -0.1) is 0 Å². The van der Waals surface area contributed by atoms with Gasteiger partial charge in [-0.3, -0.25) is 4.68 Å². The third-order valence-corrected chi connectivity index (χ3v) is 4.48. The fourth-order valence-electron chi connectivity index (χ4n) is 2.49. The van der Waals surface area contributed by atoms with Crippen LogP contribution in [0.5, 0.6) is 0 Å². The summed E-state index contributed by atoms with van der Waals surface area (Å²) in [7, 11) is 1.58. The Balaban J connectivity index is 2.09. The van der Waals surface area contributed by atoms with Crippen molar-refractivity contribution in [2.24, 2.45) is 7.05 Å². The first kappa shape index (κ1) is 17.6. The molecule has 0 unspecified atom stereocenters. The maximum absolute atomic E-state index is 10.5. The second-order valence-corrected chi connectivity index (χ2v) is 6.11. The lowest BCUT2D eigenvalue weighted by molar-refractivity contribution is 0.512. The third kappa shape index (κ3) is 3.04. The summed E-state index contributed by atoms with van der Waals surface area (Å²) < 4.78 is 2.77. The number of allylic oxidation sites excluding steroid dienone is 1. The Bertz CT molecular complexity index is 1110. The predicted octanol–water partition coefficient (Wildman–Crippen LogP) is 4.47. The highest BCUT2D eigenvalue weighted by molar-refractivity contribution is 6.36. The minimum Gasteiger partial charge on any atom is -0.504 e. The van der Waals surface area contributed by atoms with Gasteiger partial charge in [-0.2, -0.15) is 15.6 Å². The third-order valence-electron chi connectivity index (χ3n) is 3.78. The maximum atomic E-state index is 10.5. The smallest absolute Gasteiger partial charge is 0.167 e. The molecular formula is C18H11Cl2N5O. The van der Waals surface area contributed by atoms with E-state index in [2.05, 4.69) is 11.2 Å². The number of aliphatic hydroxyl groups is 1. The van der Waals surface area contributed by atoms with Crippen molar-refractivity contribution in [1.29, 1.82) is 10.5 Å². The lowest BCUT2D eigenvalue weighted by atomic mass is 10.1. The Labute approximate surface area is 159 Å². The molecule has 0 fully saturated rings. The number of aromatic nitrogens is 3. The van der Waals surface area contributed by atoms with Gasteiger partial charge < -0.3 is 9.67 Å². The molecule has 128 valence electrons. The summed E-state index contributed by atoms with van der Waals surface area (Å²) in [6.45, 7) is 0. The Kier molecular flexibility index (Phi) is 4.73. The summed E-state index contributed by atoms with van der Waals surface area (Å²) >= 11 is 12.1. The highest BCUT2D eigenvalue weighted by Gasteiger charge is 2.21. The van der Waals surface area contributed by atoms with Crippen molar-refractivity contribution >= 4 is 34.7 Å². The normalized spacial score (nSPS) is 11.6. The Morgan fingerprint density at radius 3 is 2.58 bits per heavy atom. The summed E-state index contributed by atoms with van der Waals surface area (Å²) in [5.74, 6) is -0.372. The topological polar surface area (TPSA) is 90.6 Å². The van der Waals surface area contributed by atoms with Crippen LogP contribution in [-0.4, -0.2) is 19.5 Å². The van der Waals surface area contributed by atoms with E-state index in [9.17, 15) is 10.4 Å². The molecule has 1 N–H and O–H groups in total. The molecule has 0 radical (unpaired) electrons. The quantitative estimate of drug-likeness (QED) is 0.533. The number of hydrogen-bond donors (Lipinski definition) is 1. The summed E-state index contributed by atoms with van der Waals surface area (Å²) in [5, 5.41) is 33.1. The molecule has 6 nitrogen and oxygen atoms in total. The standard InChI is InChI=1S/C18H11Cl2N5O/c1-24-18(20)15(17(19)23-24)16(26)14(9-22)25-6-5-13(10-25)12-4-2-3-11(7-12)8-21/h2-7,10,26H,1H3. The lowest BCUT2D eigenvalue weighted by Gasteiger charge is -2.05. The van der Waals surface area contributed by atoms with Crippen molar-refractivity contribution in [2.45, 2.75) is 0 Å². The Morgan fingerprint density at radius 1 is 1.19 bits per heavy atom. The molecule has 0 saturated carbocycles. The van der Waals surface area contributed by atoms with Gasteiger partial charge in [0.1, 0.15) is 11.2 Å². The van der Waals surface area contributed by atoms with Crippen LogP contribution in [-0.2, 0) is 7.05 Å². The van der Waals surface area contributed by atoms with E-state index in [1.807, 2.05) is 12.1 Å². The van der Waals surface area contributed by atoms with E-state index < -0.39 is 0 Å². The summed E-state index contributed by atoms with van der Waals surface area (Å²) in [5.41, 5.74) is 2.17. The molecule has 0 aliphatic heterocycles. The van der Waals surface area contributed by atoms with E-state index in [1.54, 1.807) is 43.7 Å². The molecule has 3 aromatic rings. The van der Waals surface area contributed by atoms with Gasteiger partial charge in [-0.05, 0) is 29.3 Å². The van der Waals surface area contributed by atoms with E-state index in [0.717, 1.165) is 11.1 Å². The van der Waals surface area contributed by atoms with Crippen LogP contribution in [0.3, 0.4) is 0 Å². The molecule has 0 bridgehead atoms. The summed E-state index contributed by atoms with van der Waals surface area (Å²) in [4.78, 5) is 0. The minimum absolute atomic E-state index is 0.00292. The van der Waals surface area contributed by atoms with Crippen LogP contribution in [0.2, 0.25) is 10.3 Å². The number of hydrogen-bond acceptors (Lipinski definition) is 4. The molecule has 1 aromatic carbocycles. The van der Waals surface area contributed by atoms with E-state index >= 15 is 0 Å². The van der Waals surface area contributed by atoms with Gasteiger partial charge in [0.15, 0.2) is 16.6 Å². The number of benzene rings is 1. The van der Waals surface area contributed by atoms with Gasteiger partial charge in [-0.1, -0.05) is 35.3 Å². The number of nitriles is 2. The largest absolute Gasteiger partial charge is 0.504 e. The van der Waals surface area contributed by atoms with Crippen LogP contribution in [0.15, 0.2) is 42.7 Å². The molecule has 0 spiro atoms. The van der Waals surface area contributed by atoms with E-state index in [0.29, 0.717) is 5.56 Å². The molecule has 2 aromatic heterocycles. The van der Waals surface area contributed by atoms with Gasteiger partial charge >= 0.3 is 0 Å². The van der Waals surface area contributed by atoms with Crippen LogP contribution in [0.4, 0.5) is 0 Å². The van der Waals surface area contributed by atoms with Crippen molar-refractivity contribution in [1.82, 2.24) is 14.3 Å². The van der Waals surface area contributed by atoms with Gasteiger partial charge in [0.2, 0.25) is 0 Å². The van der Waals surface area contributed by atoms with E-state index in [4.69, 9.17) is 28.5 Å². The van der Waals surface area contributed by atoms with Crippen molar-refractivity contribution in [2.75, 3.05) is 0 Å². The average Bonchev–Trinajstić information content (AvgIpc) is 3.21. The molecule has 3 rings (SSSR count). The molecule has 0 saturated heterocycles. The number of aryl methyl sites for hydroxylation is 1. The van der Waals surface area contributed by atoms with Gasteiger partial charge in [-0.25, -0.2) is 0 Å². The molecule has 8 heteroatoms. The van der Waals surface area contributed by atoms with Gasteiger partial charge in [0, 0.05) is 19.4 Å². The zero-order chi connectivity index (χ0) is 18.8. The lowest BCUT2D eigenvalue weighted by Crippen LogP contribution is -1.97. The van der Waals surface area contributed by atoms with Crippen LogP contribution >= 0.6 is 23.2 Å². The van der Waals surface area contributed by atoms with Crippen LogP contribution in [0.25, 0.3) is 22.6 Å². The number of rotatable bonds is 3. The highest BCUT2D eigenvalue weighted by atomic mass is 35.5. The van der Waals surface area contributed by atoms with Crippen LogP contribution in [0.1, 0.15) is 11.1 Å². The second-order valence-electron chi connectivity index (χ2n) is 5.39. The average molecular weight is 384 g/mol.